The van der Waals surface area contributed by atoms with Crippen molar-refractivity contribution in [3.63, 3.8) is 0 Å². The molecule has 1 aromatic rings. The van der Waals surface area contributed by atoms with Gasteiger partial charge in [0.25, 0.3) is 5.91 Å². The van der Waals surface area contributed by atoms with Crippen molar-refractivity contribution in [2.45, 2.75) is 24.5 Å². The summed E-state index contributed by atoms with van der Waals surface area (Å²) in [6, 6.07) is 0. The van der Waals surface area contributed by atoms with E-state index in [0.717, 1.165) is 11.0 Å². The maximum Gasteiger partial charge on any atom is 0.470 e. The minimum atomic E-state index is -4.93. The van der Waals surface area contributed by atoms with Crippen LogP contribution in [0, 0.1) is 0 Å². The predicted molar refractivity (Wildman–Crippen MR) is 62.5 cm³/mol. The van der Waals surface area contributed by atoms with Crippen LogP contribution in [0.1, 0.15) is 16.8 Å². The Hall–Kier alpha value is -1.40. The predicted octanol–water partition coefficient (Wildman–Crippen LogP) is -2.89. The van der Waals surface area contributed by atoms with Gasteiger partial charge in [0, 0.05) is 0 Å². The van der Waals surface area contributed by atoms with Gasteiger partial charge >= 0.3 is 7.82 Å². The standard InChI is InChI=1S/C8H13N4O8P/c9-6(15)7-10-2-12(11-7)8-5(20-21(16,17)18)4(14)3(1-13)19-8/h2-5,8,13-14H,1H2,(H2,9,15)(H2,16,17,18)/t3-,4-,5-,8-/m1/s1. The summed E-state index contributed by atoms with van der Waals surface area (Å²) in [6.07, 6.45) is -4.47. The molecule has 1 fully saturated rings. The minimum absolute atomic E-state index is 0.351. The normalized spacial score (nSPS) is 29.7. The average Bonchev–Trinajstić information content (AvgIpc) is 2.95. The van der Waals surface area contributed by atoms with Crippen LogP contribution in [0.25, 0.3) is 0 Å². The molecule has 4 atom stereocenters. The van der Waals surface area contributed by atoms with Crippen LogP contribution in [0.4, 0.5) is 0 Å². The van der Waals surface area contributed by atoms with Crippen molar-refractivity contribution in [1.82, 2.24) is 14.8 Å². The number of primary amides is 1. The number of aliphatic hydroxyl groups excluding tert-OH is 2. The first-order chi connectivity index (χ1) is 9.73. The van der Waals surface area contributed by atoms with Crippen LogP contribution in [0.15, 0.2) is 6.33 Å². The van der Waals surface area contributed by atoms with E-state index in [1.807, 2.05) is 0 Å². The first-order valence-corrected chi connectivity index (χ1v) is 7.15. The quantitative estimate of drug-likeness (QED) is 0.351. The molecule has 0 aromatic carbocycles. The molecule has 1 saturated heterocycles. The van der Waals surface area contributed by atoms with Gasteiger partial charge in [0.1, 0.15) is 24.6 Å². The van der Waals surface area contributed by atoms with Crippen LogP contribution in [0.5, 0.6) is 0 Å². The average molecular weight is 324 g/mol. The van der Waals surface area contributed by atoms with Crippen LogP contribution in [0.2, 0.25) is 0 Å². The van der Waals surface area contributed by atoms with E-state index in [-0.39, 0.29) is 5.82 Å². The largest absolute Gasteiger partial charge is 0.470 e. The van der Waals surface area contributed by atoms with Gasteiger partial charge in [-0.05, 0) is 0 Å². The van der Waals surface area contributed by atoms with Crippen molar-refractivity contribution in [3.8, 4) is 0 Å². The maximum atomic E-state index is 10.9. The van der Waals surface area contributed by atoms with Crippen molar-refractivity contribution in [2.75, 3.05) is 6.61 Å². The lowest BCUT2D eigenvalue weighted by Gasteiger charge is -2.20. The zero-order valence-electron chi connectivity index (χ0n) is 10.4. The fourth-order valence-electron chi connectivity index (χ4n) is 1.86. The second kappa shape index (κ2) is 5.77. The molecule has 2 heterocycles. The lowest BCUT2D eigenvalue weighted by atomic mass is 10.1. The molecular weight excluding hydrogens is 311 g/mol. The maximum absolute atomic E-state index is 10.9. The third-order valence-corrected chi connectivity index (χ3v) is 3.26. The highest BCUT2D eigenvalue weighted by Crippen LogP contribution is 2.44. The van der Waals surface area contributed by atoms with E-state index in [0.29, 0.717) is 0 Å². The van der Waals surface area contributed by atoms with Gasteiger partial charge in [0.05, 0.1) is 6.61 Å². The van der Waals surface area contributed by atoms with Crippen LogP contribution in [-0.4, -0.2) is 65.6 Å². The van der Waals surface area contributed by atoms with Gasteiger partial charge in [-0.3, -0.25) is 9.32 Å². The van der Waals surface area contributed by atoms with Crippen molar-refractivity contribution in [3.05, 3.63) is 12.2 Å². The Morgan fingerprint density at radius 2 is 2.24 bits per heavy atom. The fraction of sp³-hybridized carbons (Fsp3) is 0.625. The van der Waals surface area contributed by atoms with Gasteiger partial charge in [-0.1, -0.05) is 0 Å². The molecule has 1 aliphatic heterocycles. The zero-order valence-corrected chi connectivity index (χ0v) is 11.3. The molecule has 1 aliphatic rings. The van der Waals surface area contributed by atoms with Crippen molar-refractivity contribution >= 4 is 13.7 Å². The van der Waals surface area contributed by atoms with Crippen molar-refractivity contribution in [2.24, 2.45) is 5.73 Å². The topological polar surface area (TPSA) is 190 Å². The van der Waals surface area contributed by atoms with E-state index in [1.165, 1.54) is 0 Å². The number of carbonyl (C=O) groups excluding carboxylic acids is 1. The summed E-state index contributed by atoms with van der Waals surface area (Å²) < 4.78 is 21.5. The summed E-state index contributed by atoms with van der Waals surface area (Å²) in [5, 5.41) is 22.6. The highest BCUT2D eigenvalue weighted by molar-refractivity contribution is 7.46. The molecule has 1 amide bonds. The number of amides is 1. The molecule has 2 rings (SSSR count). The molecule has 13 heteroatoms. The molecule has 0 radical (unpaired) electrons. The molecular formula is C8H13N4O8P. The van der Waals surface area contributed by atoms with E-state index in [2.05, 4.69) is 14.6 Å². The number of hydrogen-bond acceptors (Lipinski definition) is 8. The Morgan fingerprint density at radius 3 is 2.71 bits per heavy atom. The molecule has 0 bridgehead atoms. The van der Waals surface area contributed by atoms with Gasteiger partial charge in [0.2, 0.25) is 5.82 Å². The molecule has 21 heavy (non-hydrogen) atoms. The summed E-state index contributed by atoms with van der Waals surface area (Å²) in [5.41, 5.74) is 4.98. The van der Waals surface area contributed by atoms with Crippen LogP contribution < -0.4 is 5.73 Å². The van der Waals surface area contributed by atoms with Gasteiger partial charge in [-0.25, -0.2) is 14.2 Å². The van der Waals surface area contributed by atoms with Crippen LogP contribution in [-0.2, 0) is 13.8 Å². The number of phosphoric acid groups is 1. The second-order valence-electron chi connectivity index (χ2n) is 4.21. The Balaban J connectivity index is 2.29. The van der Waals surface area contributed by atoms with Crippen LogP contribution in [0.3, 0.4) is 0 Å². The van der Waals surface area contributed by atoms with Crippen molar-refractivity contribution < 1.29 is 38.6 Å². The lowest BCUT2D eigenvalue weighted by Crippen LogP contribution is -2.35. The lowest BCUT2D eigenvalue weighted by molar-refractivity contribution is -0.0581. The fourth-order valence-corrected chi connectivity index (χ4v) is 2.41. The molecule has 0 unspecified atom stereocenters. The molecule has 118 valence electrons. The molecule has 0 saturated carbocycles. The minimum Gasteiger partial charge on any atom is -0.394 e. The van der Waals surface area contributed by atoms with Gasteiger partial charge in [-0.2, -0.15) is 0 Å². The molecule has 1 aromatic heterocycles. The van der Waals surface area contributed by atoms with E-state index >= 15 is 0 Å². The van der Waals surface area contributed by atoms with Gasteiger partial charge < -0.3 is 30.5 Å². The third-order valence-electron chi connectivity index (χ3n) is 2.74. The Morgan fingerprint density at radius 1 is 1.57 bits per heavy atom. The molecule has 12 nitrogen and oxygen atoms in total. The molecule has 6 N–H and O–H groups in total. The zero-order chi connectivity index (χ0) is 15.8. The highest BCUT2D eigenvalue weighted by Gasteiger charge is 2.48. The van der Waals surface area contributed by atoms with Crippen LogP contribution >= 0.6 is 7.82 Å². The Kier molecular flexibility index (Phi) is 4.39. The van der Waals surface area contributed by atoms with E-state index in [1.54, 1.807) is 0 Å². The summed E-state index contributed by atoms with van der Waals surface area (Å²) in [6.45, 7) is -0.615. The number of nitrogens with two attached hydrogens (primary N) is 1. The van der Waals surface area contributed by atoms with Gasteiger partial charge in [-0.15, -0.1) is 5.10 Å². The number of hydrogen-bond donors (Lipinski definition) is 5. The number of aromatic nitrogens is 3. The second-order valence-corrected chi connectivity index (χ2v) is 5.40. The number of aliphatic hydroxyl groups is 2. The Labute approximate surface area is 117 Å². The summed E-state index contributed by atoms with van der Waals surface area (Å²) in [7, 11) is -4.93. The van der Waals surface area contributed by atoms with Gasteiger partial charge in [0.15, 0.2) is 6.23 Å². The third kappa shape index (κ3) is 3.44. The summed E-state index contributed by atoms with van der Waals surface area (Å²) in [5.74, 6) is -1.27. The number of carbonyl (C=O) groups is 1. The van der Waals surface area contributed by atoms with E-state index < -0.39 is 44.9 Å². The monoisotopic (exact) mass is 324 g/mol. The molecule has 0 spiro atoms. The smallest absolute Gasteiger partial charge is 0.394 e. The molecule has 0 aliphatic carbocycles. The van der Waals surface area contributed by atoms with Crippen molar-refractivity contribution in [1.29, 1.82) is 0 Å². The number of rotatable bonds is 5. The number of ether oxygens (including phenoxy) is 1. The SMILES string of the molecule is NC(=O)c1ncn([C@@H]2O[C@H](CO)[C@@H](O)[C@H]2OP(=O)(O)O)n1. The summed E-state index contributed by atoms with van der Waals surface area (Å²) in [4.78, 5) is 32.2. The Bertz CT molecular complexity index is 572. The number of nitrogens with zero attached hydrogens (tertiary/aromatic N) is 3. The highest BCUT2D eigenvalue weighted by atomic mass is 31.2. The van der Waals surface area contributed by atoms with E-state index in [4.69, 9.17) is 25.4 Å². The first kappa shape index (κ1) is 16.0. The first-order valence-electron chi connectivity index (χ1n) is 5.62. The number of phosphoric ester groups is 1. The van der Waals surface area contributed by atoms with E-state index in [9.17, 15) is 14.5 Å². The summed E-state index contributed by atoms with van der Waals surface area (Å²) >= 11 is 0.